The van der Waals surface area contributed by atoms with Crippen molar-refractivity contribution < 1.29 is 37.8 Å². The van der Waals surface area contributed by atoms with Gasteiger partial charge in [-0.25, -0.2) is 9.59 Å². The number of carbonyl (C=O) groups excluding carboxylic acids is 4. The Morgan fingerprint density at radius 2 is 2.00 bits per heavy atom. The van der Waals surface area contributed by atoms with Crippen LogP contribution in [0.5, 0.6) is 11.5 Å². The molecule has 174 valence electrons. The summed E-state index contributed by atoms with van der Waals surface area (Å²) in [6, 6.07) is 5.20. The number of nitrogens with zero attached hydrogens (tertiary/aromatic N) is 1. The van der Waals surface area contributed by atoms with Gasteiger partial charge in [-0.1, -0.05) is 11.6 Å². The molecule has 3 N–H and O–H groups in total. The highest BCUT2D eigenvalue weighted by Gasteiger charge is 2.34. The highest BCUT2D eigenvalue weighted by atomic mass is 35.5. The summed E-state index contributed by atoms with van der Waals surface area (Å²) >= 11 is 6.26. The van der Waals surface area contributed by atoms with Gasteiger partial charge >= 0.3 is 12.0 Å². The minimum atomic E-state index is -0.686. The Bertz CT molecular complexity index is 1140. The van der Waals surface area contributed by atoms with Crippen molar-refractivity contribution in [2.24, 2.45) is 5.73 Å². The second kappa shape index (κ2) is 10.1. The van der Waals surface area contributed by atoms with Gasteiger partial charge in [-0.15, -0.1) is 0 Å². The number of esters is 1. The SMILES string of the molecule is CCOc1cc(/C=C2\NC(=O)N(Cc3ccc(C(=O)OC)o3)C2=O)cc(Cl)c1OCC(N)=O. The lowest BCUT2D eigenvalue weighted by Gasteiger charge is -2.13. The number of urea groups is 1. The van der Waals surface area contributed by atoms with Crippen LogP contribution in [0.25, 0.3) is 6.08 Å². The van der Waals surface area contributed by atoms with Gasteiger partial charge in [0.1, 0.15) is 11.5 Å². The fourth-order valence-corrected chi connectivity index (χ4v) is 3.20. The lowest BCUT2D eigenvalue weighted by atomic mass is 10.1. The van der Waals surface area contributed by atoms with Crippen LogP contribution in [0.4, 0.5) is 4.79 Å². The quantitative estimate of drug-likeness (QED) is 0.316. The van der Waals surface area contributed by atoms with Crippen molar-refractivity contribution >= 4 is 41.5 Å². The number of hydrogen-bond donors (Lipinski definition) is 2. The highest BCUT2D eigenvalue weighted by molar-refractivity contribution is 6.32. The van der Waals surface area contributed by atoms with Gasteiger partial charge in [-0.3, -0.25) is 14.5 Å². The average Bonchev–Trinajstić information content (AvgIpc) is 3.33. The number of methoxy groups -OCH3 is 1. The number of imide groups is 1. The summed E-state index contributed by atoms with van der Waals surface area (Å²) in [6.07, 6.45) is 1.41. The lowest BCUT2D eigenvalue weighted by molar-refractivity contribution is -0.123. The molecule has 3 rings (SSSR count). The zero-order valence-corrected chi connectivity index (χ0v) is 18.4. The Morgan fingerprint density at radius 1 is 1.24 bits per heavy atom. The zero-order valence-electron chi connectivity index (χ0n) is 17.7. The molecule has 1 saturated heterocycles. The van der Waals surface area contributed by atoms with Crippen LogP contribution in [0, 0.1) is 0 Å². The number of nitrogens with two attached hydrogens (primary N) is 1. The second-order valence-electron chi connectivity index (χ2n) is 6.65. The Labute approximate surface area is 193 Å². The molecule has 0 bridgehead atoms. The van der Waals surface area contributed by atoms with Crippen molar-refractivity contribution in [3.05, 3.63) is 52.1 Å². The number of furan rings is 1. The van der Waals surface area contributed by atoms with Crippen molar-refractivity contribution in [3.63, 3.8) is 0 Å². The van der Waals surface area contributed by atoms with E-state index in [2.05, 4.69) is 10.1 Å². The number of rotatable bonds is 9. The van der Waals surface area contributed by atoms with E-state index in [0.29, 0.717) is 5.56 Å². The van der Waals surface area contributed by atoms with Crippen LogP contribution >= 0.6 is 11.6 Å². The van der Waals surface area contributed by atoms with Crippen molar-refractivity contribution in [2.45, 2.75) is 13.5 Å². The number of nitrogens with one attached hydrogen (secondary N) is 1. The first-order valence-electron chi connectivity index (χ1n) is 9.62. The van der Waals surface area contributed by atoms with Crippen molar-refractivity contribution in [1.29, 1.82) is 0 Å². The normalized spacial score (nSPS) is 14.4. The standard InChI is InChI=1S/C21H20ClN3O8/c1-3-31-16-8-11(6-13(22)18(16)32-10-17(23)26)7-14-19(27)25(21(29)24-14)9-12-4-5-15(33-12)20(28)30-2/h4-8H,3,9-10H2,1-2H3,(H2,23,26)(H,24,29)/b14-7-. The first-order chi connectivity index (χ1) is 15.7. The molecule has 1 aromatic carbocycles. The molecule has 2 heterocycles. The van der Waals surface area contributed by atoms with Gasteiger partial charge in [-0.2, -0.15) is 0 Å². The topological polar surface area (TPSA) is 150 Å². The fraction of sp³-hybridized carbons (Fsp3) is 0.238. The molecule has 1 fully saturated rings. The van der Waals surface area contributed by atoms with E-state index in [4.69, 9.17) is 31.2 Å². The van der Waals surface area contributed by atoms with Gasteiger partial charge in [0.15, 0.2) is 18.1 Å². The Hall–Kier alpha value is -3.99. The van der Waals surface area contributed by atoms with Crippen molar-refractivity contribution in [1.82, 2.24) is 10.2 Å². The molecule has 0 atom stereocenters. The maximum atomic E-state index is 12.8. The molecule has 11 nitrogen and oxygen atoms in total. The summed E-state index contributed by atoms with van der Waals surface area (Å²) in [5, 5.41) is 2.60. The van der Waals surface area contributed by atoms with Gasteiger partial charge in [0.25, 0.3) is 11.8 Å². The Kier molecular flexibility index (Phi) is 7.23. The van der Waals surface area contributed by atoms with Crippen LogP contribution in [0.3, 0.4) is 0 Å². The van der Waals surface area contributed by atoms with E-state index in [0.717, 1.165) is 4.90 Å². The molecule has 0 aliphatic carbocycles. The first kappa shape index (κ1) is 23.7. The predicted octanol–water partition coefficient (Wildman–Crippen LogP) is 2.08. The van der Waals surface area contributed by atoms with Crippen LogP contribution in [0.2, 0.25) is 5.02 Å². The molecule has 0 unspecified atom stereocenters. The first-order valence-corrected chi connectivity index (χ1v) is 10.00. The minimum Gasteiger partial charge on any atom is -0.490 e. The number of primary amides is 1. The lowest BCUT2D eigenvalue weighted by Crippen LogP contribution is -2.30. The Morgan fingerprint density at radius 3 is 2.67 bits per heavy atom. The largest absolute Gasteiger partial charge is 0.490 e. The predicted molar refractivity (Wildman–Crippen MR) is 114 cm³/mol. The van der Waals surface area contributed by atoms with E-state index >= 15 is 0 Å². The van der Waals surface area contributed by atoms with Crippen molar-refractivity contribution in [3.8, 4) is 11.5 Å². The smallest absolute Gasteiger partial charge is 0.373 e. The van der Waals surface area contributed by atoms with Crippen LogP contribution in [-0.4, -0.2) is 49.0 Å². The summed E-state index contributed by atoms with van der Waals surface area (Å²) < 4.78 is 20.7. The van der Waals surface area contributed by atoms with Gasteiger partial charge in [-0.05, 0) is 42.8 Å². The van der Waals surface area contributed by atoms with Crippen LogP contribution in [-0.2, 0) is 20.9 Å². The number of hydrogen-bond acceptors (Lipinski definition) is 8. The van der Waals surface area contributed by atoms with E-state index < -0.39 is 30.4 Å². The molecule has 1 aliphatic rings. The highest BCUT2D eigenvalue weighted by Crippen LogP contribution is 2.37. The molecule has 12 heteroatoms. The minimum absolute atomic E-state index is 0.0101. The third-order valence-electron chi connectivity index (χ3n) is 4.33. The number of halogens is 1. The molecular formula is C21H20ClN3O8. The van der Waals surface area contributed by atoms with Crippen molar-refractivity contribution in [2.75, 3.05) is 20.3 Å². The summed E-state index contributed by atoms with van der Waals surface area (Å²) in [4.78, 5) is 48.5. The summed E-state index contributed by atoms with van der Waals surface area (Å²) in [5.41, 5.74) is 5.53. The average molecular weight is 478 g/mol. The van der Waals surface area contributed by atoms with Gasteiger partial charge in [0.05, 0.1) is 25.3 Å². The third-order valence-corrected chi connectivity index (χ3v) is 4.61. The molecular weight excluding hydrogens is 458 g/mol. The van der Waals surface area contributed by atoms with Gasteiger partial charge in [0.2, 0.25) is 5.76 Å². The van der Waals surface area contributed by atoms with Gasteiger partial charge in [0, 0.05) is 0 Å². The Balaban J connectivity index is 1.82. The van der Waals surface area contributed by atoms with E-state index in [-0.39, 0.29) is 46.9 Å². The van der Waals surface area contributed by atoms with Crippen LogP contribution in [0.15, 0.2) is 34.4 Å². The summed E-state index contributed by atoms with van der Waals surface area (Å²) in [5.74, 6) is -1.44. The molecule has 1 aromatic heterocycles. The number of benzene rings is 1. The number of amides is 4. The summed E-state index contributed by atoms with van der Waals surface area (Å²) in [6.45, 7) is 1.44. The fourth-order valence-electron chi connectivity index (χ4n) is 2.93. The van der Waals surface area contributed by atoms with E-state index in [1.54, 1.807) is 6.92 Å². The van der Waals surface area contributed by atoms with E-state index in [1.165, 1.54) is 37.5 Å². The monoisotopic (exact) mass is 477 g/mol. The third kappa shape index (κ3) is 5.44. The molecule has 1 aliphatic heterocycles. The van der Waals surface area contributed by atoms with E-state index in [1.807, 2.05) is 0 Å². The second-order valence-corrected chi connectivity index (χ2v) is 7.06. The molecule has 4 amide bonds. The molecule has 33 heavy (non-hydrogen) atoms. The molecule has 0 spiro atoms. The summed E-state index contributed by atoms with van der Waals surface area (Å²) in [7, 11) is 1.21. The maximum Gasteiger partial charge on any atom is 0.373 e. The van der Waals surface area contributed by atoms with Gasteiger partial charge < -0.3 is 29.7 Å². The maximum absolute atomic E-state index is 12.8. The zero-order chi connectivity index (χ0) is 24.1. The van der Waals surface area contributed by atoms with Crippen LogP contribution < -0.4 is 20.5 Å². The molecule has 0 radical (unpaired) electrons. The number of carbonyl (C=O) groups is 4. The van der Waals surface area contributed by atoms with Crippen LogP contribution in [0.1, 0.15) is 28.8 Å². The molecule has 0 saturated carbocycles. The number of ether oxygens (including phenoxy) is 3. The van der Waals surface area contributed by atoms with E-state index in [9.17, 15) is 19.2 Å². The molecule has 2 aromatic rings.